The van der Waals surface area contributed by atoms with E-state index in [9.17, 15) is 4.79 Å². The van der Waals surface area contributed by atoms with Crippen LogP contribution in [0, 0.1) is 0 Å². The van der Waals surface area contributed by atoms with E-state index in [1.165, 1.54) is 6.42 Å². The molecule has 1 saturated carbocycles. The van der Waals surface area contributed by atoms with Crippen molar-refractivity contribution >= 4 is 17.8 Å². The molecule has 1 aliphatic rings. The SMILES string of the molecule is CS[C@H]1CC[C@@H](N(C)C(=O)NCc2ccnc(-n3ccnc3)c2)C1. The minimum atomic E-state index is -0.0113. The topological polar surface area (TPSA) is 63.1 Å². The van der Waals surface area contributed by atoms with E-state index in [-0.39, 0.29) is 6.03 Å². The second-order valence-corrected chi connectivity index (χ2v) is 7.22. The number of carbonyl (C=O) groups excluding carboxylic acids is 1. The highest BCUT2D eigenvalue weighted by Crippen LogP contribution is 2.30. The van der Waals surface area contributed by atoms with E-state index in [0.717, 1.165) is 24.2 Å². The maximum absolute atomic E-state index is 12.4. The second kappa shape index (κ2) is 7.70. The van der Waals surface area contributed by atoms with Gasteiger partial charge in [0.25, 0.3) is 0 Å². The van der Waals surface area contributed by atoms with Gasteiger partial charge in [-0.05, 0) is 43.2 Å². The molecule has 2 amide bonds. The summed E-state index contributed by atoms with van der Waals surface area (Å²) in [5.74, 6) is 0.797. The summed E-state index contributed by atoms with van der Waals surface area (Å²) in [7, 11) is 1.90. The molecule has 2 heterocycles. The van der Waals surface area contributed by atoms with Gasteiger partial charge in [0.05, 0.1) is 0 Å². The molecular formula is C17H23N5OS. The van der Waals surface area contributed by atoms with Gasteiger partial charge >= 0.3 is 6.03 Å². The summed E-state index contributed by atoms with van der Waals surface area (Å²) in [5, 5.41) is 3.69. The Balaban J connectivity index is 1.55. The van der Waals surface area contributed by atoms with Gasteiger partial charge in [-0.3, -0.25) is 4.57 Å². The average Bonchev–Trinajstić information content (AvgIpc) is 3.30. The van der Waals surface area contributed by atoms with E-state index in [1.54, 1.807) is 18.7 Å². The number of thioether (sulfide) groups is 1. The molecule has 1 fully saturated rings. The van der Waals surface area contributed by atoms with Gasteiger partial charge in [0, 0.05) is 43.5 Å². The maximum atomic E-state index is 12.4. The zero-order valence-corrected chi connectivity index (χ0v) is 14.9. The second-order valence-electron chi connectivity index (χ2n) is 6.09. The molecule has 0 saturated heterocycles. The van der Waals surface area contributed by atoms with Crippen LogP contribution in [0.2, 0.25) is 0 Å². The molecule has 2 atom stereocenters. The van der Waals surface area contributed by atoms with Crippen molar-refractivity contribution in [1.82, 2.24) is 24.8 Å². The lowest BCUT2D eigenvalue weighted by Crippen LogP contribution is -2.42. The quantitative estimate of drug-likeness (QED) is 0.905. The van der Waals surface area contributed by atoms with Crippen LogP contribution in [0.4, 0.5) is 4.79 Å². The summed E-state index contributed by atoms with van der Waals surface area (Å²) in [5.41, 5.74) is 1.02. The predicted octanol–water partition coefficient (Wildman–Crippen LogP) is 2.69. The van der Waals surface area contributed by atoms with Gasteiger partial charge in [-0.2, -0.15) is 11.8 Å². The Morgan fingerprint density at radius 2 is 2.33 bits per heavy atom. The largest absolute Gasteiger partial charge is 0.334 e. The van der Waals surface area contributed by atoms with Crippen LogP contribution < -0.4 is 5.32 Å². The molecule has 7 heteroatoms. The number of hydrogen-bond donors (Lipinski definition) is 1. The number of urea groups is 1. The van der Waals surface area contributed by atoms with E-state index in [0.29, 0.717) is 17.8 Å². The molecule has 3 rings (SSSR count). The minimum Gasteiger partial charge on any atom is -0.334 e. The van der Waals surface area contributed by atoms with E-state index in [2.05, 4.69) is 21.5 Å². The number of carbonyl (C=O) groups is 1. The van der Waals surface area contributed by atoms with Crippen LogP contribution in [0.15, 0.2) is 37.1 Å². The number of amides is 2. The fourth-order valence-electron chi connectivity index (χ4n) is 3.06. The van der Waals surface area contributed by atoms with Crippen molar-refractivity contribution in [3.05, 3.63) is 42.6 Å². The van der Waals surface area contributed by atoms with E-state index in [1.807, 2.05) is 46.6 Å². The summed E-state index contributed by atoms with van der Waals surface area (Å²) in [6.07, 6.45) is 12.5. The lowest BCUT2D eigenvalue weighted by atomic mass is 10.2. The first-order valence-corrected chi connectivity index (χ1v) is 9.43. The van der Waals surface area contributed by atoms with Crippen molar-refractivity contribution < 1.29 is 4.79 Å². The number of rotatable bonds is 5. The fraction of sp³-hybridized carbons (Fsp3) is 0.471. The van der Waals surface area contributed by atoms with Gasteiger partial charge in [-0.1, -0.05) is 0 Å². The van der Waals surface area contributed by atoms with Gasteiger partial charge < -0.3 is 10.2 Å². The monoisotopic (exact) mass is 345 g/mol. The lowest BCUT2D eigenvalue weighted by molar-refractivity contribution is 0.190. The van der Waals surface area contributed by atoms with Gasteiger partial charge in [-0.15, -0.1) is 0 Å². The number of pyridine rings is 1. The van der Waals surface area contributed by atoms with Gasteiger partial charge in [0.1, 0.15) is 12.1 Å². The van der Waals surface area contributed by atoms with Crippen molar-refractivity contribution in [2.75, 3.05) is 13.3 Å². The van der Waals surface area contributed by atoms with E-state index >= 15 is 0 Å². The molecule has 0 aliphatic heterocycles. The first-order chi connectivity index (χ1) is 11.7. The minimum absolute atomic E-state index is 0.0113. The molecule has 6 nitrogen and oxygen atoms in total. The van der Waals surface area contributed by atoms with Crippen LogP contribution in [0.1, 0.15) is 24.8 Å². The normalized spacial score (nSPS) is 20.1. The Bertz CT molecular complexity index is 675. The molecule has 0 radical (unpaired) electrons. The molecule has 2 aromatic heterocycles. The zero-order chi connectivity index (χ0) is 16.9. The van der Waals surface area contributed by atoms with Gasteiger partial charge in [0.15, 0.2) is 0 Å². The number of nitrogens with zero attached hydrogens (tertiary/aromatic N) is 4. The molecule has 128 valence electrons. The lowest BCUT2D eigenvalue weighted by Gasteiger charge is -2.25. The molecule has 0 unspecified atom stereocenters. The zero-order valence-electron chi connectivity index (χ0n) is 14.1. The van der Waals surface area contributed by atoms with Crippen LogP contribution in [0.5, 0.6) is 0 Å². The number of aromatic nitrogens is 3. The van der Waals surface area contributed by atoms with E-state index in [4.69, 9.17) is 0 Å². The highest BCUT2D eigenvalue weighted by Gasteiger charge is 2.29. The average molecular weight is 345 g/mol. The van der Waals surface area contributed by atoms with Crippen molar-refractivity contribution in [2.45, 2.75) is 37.1 Å². The van der Waals surface area contributed by atoms with Crippen molar-refractivity contribution in [2.24, 2.45) is 0 Å². The predicted molar refractivity (Wildman–Crippen MR) is 96.3 cm³/mol. The smallest absolute Gasteiger partial charge is 0.317 e. The third-order valence-electron chi connectivity index (χ3n) is 4.58. The molecule has 0 aromatic carbocycles. The Morgan fingerprint density at radius 1 is 1.46 bits per heavy atom. The Kier molecular flexibility index (Phi) is 5.40. The van der Waals surface area contributed by atoms with Crippen molar-refractivity contribution in [3.8, 4) is 5.82 Å². The third kappa shape index (κ3) is 3.90. The first-order valence-electron chi connectivity index (χ1n) is 8.14. The number of hydrogen-bond acceptors (Lipinski definition) is 4. The highest BCUT2D eigenvalue weighted by atomic mass is 32.2. The Morgan fingerprint density at radius 3 is 3.04 bits per heavy atom. The van der Waals surface area contributed by atoms with Crippen molar-refractivity contribution in [1.29, 1.82) is 0 Å². The molecule has 2 aromatic rings. The Hall–Kier alpha value is -2.02. The van der Waals surface area contributed by atoms with Crippen LogP contribution in [0.25, 0.3) is 5.82 Å². The summed E-state index contributed by atoms with van der Waals surface area (Å²) in [6.45, 7) is 0.492. The fourth-order valence-corrected chi connectivity index (χ4v) is 3.84. The van der Waals surface area contributed by atoms with E-state index < -0.39 is 0 Å². The highest BCUT2D eigenvalue weighted by molar-refractivity contribution is 7.99. The summed E-state index contributed by atoms with van der Waals surface area (Å²) >= 11 is 1.90. The maximum Gasteiger partial charge on any atom is 0.317 e. The molecule has 24 heavy (non-hydrogen) atoms. The van der Waals surface area contributed by atoms with Crippen LogP contribution in [-0.2, 0) is 6.54 Å². The number of nitrogens with one attached hydrogen (secondary N) is 1. The van der Waals surface area contributed by atoms with Gasteiger partial charge in [0.2, 0.25) is 0 Å². The summed E-state index contributed by atoms with van der Waals surface area (Å²) in [6, 6.07) is 4.21. The molecule has 0 bridgehead atoms. The molecular weight excluding hydrogens is 322 g/mol. The summed E-state index contributed by atoms with van der Waals surface area (Å²) in [4.78, 5) is 22.6. The Labute approximate surface area is 146 Å². The summed E-state index contributed by atoms with van der Waals surface area (Å²) < 4.78 is 1.85. The van der Waals surface area contributed by atoms with Gasteiger partial charge in [-0.25, -0.2) is 14.8 Å². The third-order valence-corrected chi connectivity index (χ3v) is 5.68. The van der Waals surface area contributed by atoms with Crippen molar-refractivity contribution in [3.63, 3.8) is 0 Å². The van der Waals surface area contributed by atoms with Crippen LogP contribution in [0.3, 0.4) is 0 Å². The molecule has 0 spiro atoms. The van der Waals surface area contributed by atoms with Crippen LogP contribution >= 0.6 is 11.8 Å². The molecule has 1 aliphatic carbocycles. The molecule has 1 N–H and O–H groups in total. The first kappa shape index (κ1) is 16.8. The number of imidazole rings is 1. The van der Waals surface area contributed by atoms with Crippen LogP contribution in [-0.4, -0.2) is 50.1 Å². The standard InChI is InChI=1S/C17H23N5OS/c1-21(14-3-4-15(10-14)24-2)17(23)20-11-13-5-6-19-16(9-13)22-8-7-18-12-22/h5-9,12,14-15H,3-4,10-11H2,1-2H3,(H,20,23)/t14-,15+/m1/s1.